The van der Waals surface area contributed by atoms with Crippen LogP contribution in [0.1, 0.15) is 20.3 Å². The van der Waals surface area contributed by atoms with Crippen molar-refractivity contribution in [1.29, 1.82) is 0 Å². The summed E-state index contributed by atoms with van der Waals surface area (Å²) < 4.78 is 5.72. The van der Waals surface area contributed by atoms with E-state index in [1.165, 1.54) is 0 Å². The molecule has 88 valence electrons. The summed E-state index contributed by atoms with van der Waals surface area (Å²) in [6, 6.07) is 0. The molecule has 2 aliphatic rings. The van der Waals surface area contributed by atoms with Crippen molar-refractivity contribution in [3.8, 4) is 0 Å². The van der Waals surface area contributed by atoms with E-state index in [4.69, 9.17) is 4.74 Å². The monoisotopic (exact) mass is 221 g/mol. The molecule has 0 amide bonds. The normalized spacial score (nSPS) is 30.1. The molecule has 1 saturated heterocycles. The Kier molecular flexibility index (Phi) is 3.00. The van der Waals surface area contributed by atoms with Gasteiger partial charge < -0.3 is 10.1 Å². The van der Waals surface area contributed by atoms with Gasteiger partial charge in [-0.2, -0.15) is 0 Å². The van der Waals surface area contributed by atoms with E-state index in [1.807, 2.05) is 0 Å². The SMILES string of the molecule is C=C1CC(C)(C)C(C2CNCCO2)=CC1=O. The minimum absolute atomic E-state index is 0.0192. The van der Waals surface area contributed by atoms with Crippen LogP contribution in [0, 0.1) is 5.41 Å². The van der Waals surface area contributed by atoms with Crippen LogP contribution in [0.3, 0.4) is 0 Å². The van der Waals surface area contributed by atoms with Crippen molar-refractivity contribution >= 4 is 5.78 Å². The fraction of sp³-hybridized carbons (Fsp3) is 0.615. The van der Waals surface area contributed by atoms with E-state index in [0.717, 1.165) is 25.1 Å². The van der Waals surface area contributed by atoms with Crippen molar-refractivity contribution in [1.82, 2.24) is 5.32 Å². The molecule has 0 radical (unpaired) electrons. The van der Waals surface area contributed by atoms with Crippen LogP contribution in [0.15, 0.2) is 23.8 Å². The van der Waals surface area contributed by atoms with E-state index in [-0.39, 0.29) is 17.3 Å². The van der Waals surface area contributed by atoms with Crippen molar-refractivity contribution in [3.63, 3.8) is 0 Å². The lowest BCUT2D eigenvalue weighted by Crippen LogP contribution is -2.43. The van der Waals surface area contributed by atoms with Crippen LogP contribution in [0.2, 0.25) is 0 Å². The number of morpholine rings is 1. The van der Waals surface area contributed by atoms with Crippen LogP contribution < -0.4 is 5.32 Å². The summed E-state index contributed by atoms with van der Waals surface area (Å²) >= 11 is 0. The maximum Gasteiger partial charge on any atom is 0.181 e. The van der Waals surface area contributed by atoms with Crippen molar-refractivity contribution in [2.75, 3.05) is 19.7 Å². The molecular formula is C13H19NO2. The average Bonchev–Trinajstić information content (AvgIpc) is 2.24. The summed E-state index contributed by atoms with van der Waals surface area (Å²) in [7, 11) is 0. The first-order chi connectivity index (χ1) is 7.50. The van der Waals surface area contributed by atoms with E-state index in [2.05, 4.69) is 25.7 Å². The van der Waals surface area contributed by atoms with Gasteiger partial charge in [0, 0.05) is 13.1 Å². The van der Waals surface area contributed by atoms with Crippen molar-refractivity contribution < 1.29 is 9.53 Å². The second-order valence-corrected chi connectivity index (χ2v) is 5.19. The summed E-state index contributed by atoms with van der Waals surface area (Å²) in [4.78, 5) is 11.7. The number of rotatable bonds is 1. The maximum absolute atomic E-state index is 11.7. The first-order valence-corrected chi connectivity index (χ1v) is 5.77. The average molecular weight is 221 g/mol. The largest absolute Gasteiger partial charge is 0.371 e. The fourth-order valence-corrected chi connectivity index (χ4v) is 2.46. The number of carbonyl (C=O) groups is 1. The second-order valence-electron chi connectivity index (χ2n) is 5.19. The van der Waals surface area contributed by atoms with Gasteiger partial charge in [-0.15, -0.1) is 0 Å². The van der Waals surface area contributed by atoms with Crippen LogP contribution in [-0.4, -0.2) is 31.6 Å². The van der Waals surface area contributed by atoms with Crippen LogP contribution in [0.5, 0.6) is 0 Å². The van der Waals surface area contributed by atoms with Crippen LogP contribution in [0.25, 0.3) is 0 Å². The molecule has 3 nitrogen and oxygen atoms in total. The van der Waals surface area contributed by atoms with Gasteiger partial charge in [0.25, 0.3) is 0 Å². The topological polar surface area (TPSA) is 38.3 Å². The Morgan fingerprint density at radius 2 is 2.31 bits per heavy atom. The van der Waals surface area contributed by atoms with Gasteiger partial charge in [-0.3, -0.25) is 4.79 Å². The molecule has 1 N–H and O–H groups in total. The van der Waals surface area contributed by atoms with Gasteiger partial charge in [0.05, 0.1) is 12.7 Å². The predicted molar refractivity (Wildman–Crippen MR) is 63.2 cm³/mol. The van der Waals surface area contributed by atoms with E-state index >= 15 is 0 Å². The van der Waals surface area contributed by atoms with Gasteiger partial charge >= 0.3 is 0 Å². The van der Waals surface area contributed by atoms with Crippen LogP contribution >= 0.6 is 0 Å². The Morgan fingerprint density at radius 3 is 2.94 bits per heavy atom. The number of ketones is 1. The standard InChI is InChI=1S/C13H19NO2/c1-9-7-13(2,3)10(6-11(9)15)12-8-14-4-5-16-12/h6,12,14H,1,4-5,7-8H2,2-3H3. The van der Waals surface area contributed by atoms with Gasteiger partial charge in [-0.05, 0) is 29.1 Å². The van der Waals surface area contributed by atoms with Crippen molar-refractivity contribution in [2.45, 2.75) is 26.4 Å². The first-order valence-electron chi connectivity index (χ1n) is 5.77. The molecule has 1 aliphatic heterocycles. The van der Waals surface area contributed by atoms with Crippen LogP contribution in [-0.2, 0) is 9.53 Å². The molecule has 1 unspecified atom stereocenters. The molecule has 1 fully saturated rings. The Morgan fingerprint density at radius 1 is 1.56 bits per heavy atom. The number of ether oxygens (including phenoxy) is 1. The zero-order valence-electron chi connectivity index (χ0n) is 10.0. The second kappa shape index (κ2) is 4.15. The highest BCUT2D eigenvalue weighted by atomic mass is 16.5. The molecule has 0 aromatic heterocycles. The number of allylic oxidation sites excluding steroid dienone is 2. The quantitative estimate of drug-likeness (QED) is 0.681. The number of nitrogens with one attached hydrogen (secondary N) is 1. The Bertz CT molecular complexity index is 349. The summed E-state index contributed by atoms with van der Waals surface area (Å²) in [6.45, 7) is 10.5. The summed E-state index contributed by atoms with van der Waals surface area (Å²) in [5.74, 6) is 0.0588. The first kappa shape index (κ1) is 11.6. The lowest BCUT2D eigenvalue weighted by Gasteiger charge is -2.38. The summed E-state index contributed by atoms with van der Waals surface area (Å²) in [6.07, 6.45) is 2.50. The number of hydrogen-bond acceptors (Lipinski definition) is 3. The highest BCUT2D eigenvalue weighted by Gasteiger charge is 2.36. The molecule has 3 heteroatoms. The van der Waals surface area contributed by atoms with Gasteiger partial charge in [0.15, 0.2) is 5.78 Å². The Labute approximate surface area is 96.6 Å². The molecule has 0 aromatic carbocycles. The minimum atomic E-state index is -0.0192. The fourth-order valence-electron chi connectivity index (χ4n) is 2.46. The Balaban J connectivity index is 2.26. The number of carbonyl (C=O) groups excluding carboxylic acids is 1. The minimum Gasteiger partial charge on any atom is -0.371 e. The van der Waals surface area contributed by atoms with E-state index < -0.39 is 0 Å². The summed E-state index contributed by atoms with van der Waals surface area (Å²) in [5, 5.41) is 3.30. The van der Waals surface area contributed by atoms with Gasteiger partial charge in [0.1, 0.15) is 0 Å². The maximum atomic E-state index is 11.7. The molecule has 1 heterocycles. The molecular weight excluding hydrogens is 202 g/mol. The third-order valence-corrected chi connectivity index (χ3v) is 3.35. The third kappa shape index (κ3) is 2.11. The van der Waals surface area contributed by atoms with Crippen LogP contribution in [0.4, 0.5) is 0 Å². The molecule has 1 aliphatic carbocycles. The molecule has 1 atom stereocenters. The third-order valence-electron chi connectivity index (χ3n) is 3.35. The lowest BCUT2D eigenvalue weighted by molar-refractivity contribution is -0.112. The Hall–Kier alpha value is -0.930. The molecule has 2 rings (SSSR count). The van der Waals surface area contributed by atoms with Gasteiger partial charge in [0.2, 0.25) is 0 Å². The smallest absolute Gasteiger partial charge is 0.181 e. The van der Waals surface area contributed by atoms with E-state index in [9.17, 15) is 4.79 Å². The van der Waals surface area contributed by atoms with Gasteiger partial charge in [-0.1, -0.05) is 20.4 Å². The van der Waals surface area contributed by atoms with Crippen molar-refractivity contribution in [3.05, 3.63) is 23.8 Å². The zero-order valence-corrected chi connectivity index (χ0v) is 10.0. The van der Waals surface area contributed by atoms with Crippen molar-refractivity contribution in [2.24, 2.45) is 5.41 Å². The highest BCUT2D eigenvalue weighted by Crippen LogP contribution is 2.40. The molecule has 0 aromatic rings. The van der Waals surface area contributed by atoms with Gasteiger partial charge in [-0.25, -0.2) is 0 Å². The van der Waals surface area contributed by atoms with E-state index in [1.54, 1.807) is 6.08 Å². The molecule has 0 bridgehead atoms. The predicted octanol–water partition coefficient (Wildman–Crippen LogP) is 1.46. The lowest BCUT2D eigenvalue weighted by atomic mass is 9.71. The molecule has 0 spiro atoms. The highest BCUT2D eigenvalue weighted by molar-refractivity contribution is 6.05. The van der Waals surface area contributed by atoms with E-state index in [0.29, 0.717) is 12.2 Å². The summed E-state index contributed by atoms with van der Waals surface area (Å²) in [5.41, 5.74) is 1.80. The molecule has 16 heavy (non-hydrogen) atoms. The number of hydrogen-bond donors (Lipinski definition) is 1. The molecule has 0 saturated carbocycles. The zero-order chi connectivity index (χ0) is 11.8.